The van der Waals surface area contributed by atoms with Gasteiger partial charge in [-0.05, 0) is 42.9 Å². The van der Waals surface area contributed by atoms with E-state index in [2.05, 4.69) is 4.72 Å². The van der Waals surface area contributed by atoms with Crippen LogP contribution in [0.2, 0.25) is 5.02 Å². The van der Waals surface area contributed by atoms with Crippen molar-refractivity contribution in [1.29, 1.82) is 0 Å². The molecule has 2 N–H and O–H groups in total. The van der Waals surface area contributed by atoms with Gasteiger partial charge < -0.3 is 5.11 Å². The molecule has 0 bridgehead atoms. The van der Waals surface area contributed by atoms with Crippen molar-refractivity contribution in [2.24, 2.45) is 11.8 Å². The Balaban J connectivity index is 2.19. The van der Waals surface area contributed by atoms with E-state index in [1.807, 2.05) is 6.92 Å². The molecule has 20 heavy (non-hydrogen) atoms. The predicted octanol–water partition coefficient (Wildman–Crippen LogP) is 2.36. The summed E-state index contributed by atoms with van der Waals surface area (Å²) in [6.45, 7) is 2.33. The van der Waals surface area contributed by atoms with Gasteiger partial charge in [0.25, 0.3) is 0 Å². The number of nitrogens with one attached hydrogen (secondary N) is 1. The smallest absolute Gasteiger partial charge is 0.335 e. The number of aromatic carboxylic acids is 1. The number of carbonyl (C=O) groups is 1. The van der Waals surface area contributed by atoms with Crippen LogP contribution in [-0.4, -0.2) is 26.0 Å². The lowest BCUT2D eigenvalue weighted by atomic mass is 10.1. The minimum Gasteiger partial charge on any atom is -0.478 e. The lowest BCUT2D eigenvalue weighted by molar-refractivity contribution is 0.0696. The Labute approximate surface area is 123 Å². The second-order valence-electron chi connectivity index (χ2n) is 5.12. The van der Waals surface area contributed by atoms with Gasteiger partial charge in [-0.25, -0.2) is 17.9 Å². The molecule has 0 aliphatic heterocycles. The first kappa shape index (κ1) is 15.3. The molecule has 5 nitrogen and oxygen atoms in total. The highest BCUT2D eigenvalue weighted by atomic mass is 35.5. The summed E-state index contributed by atoms with van der Waals surface area (Å²) in [6, 6.07) is 3.63. The summed E-state index contributed by atoms with van der Waals surface area (Å²) in [5.74, 6) is -0.339. The van der Waals surface area contributed by atoms with Gasteiger partial charge in [0.1, 0.15) is 4.90 Å². The van der Waals surface area contributed by atoms with Crippen molar-refractivity contribution < 1.29 is 18.3 Å². The van der Waals surface area contributed by atoms with Crippen LogP contribution in [0.3, 0.4) is 0 Å². The molecular formula is C13H16ClNO4S. The van der Waals surface area contributed by atoms with Gasteiger partial charge in [-0.1, -0.05) is 18.5 Å². The maximum absolute atomic E-state index is 12.2. The molecule has 1 atom stereocenters. The fraction of sp³-hybridized carbons (Fsp3) is 0.462. The number of halogens is 1. The molecule has 1 fully saturated rings. The van der Waals surface area contributed by atoms with E-state index in [4.69, 9.17) is 16.7 Å². The van der Waals surface area contributed by atoms with Gasteiger partial charge in [0, 0.05) is 6.54 Å². The first-order valence-electron chi connectivity index (χ1n) is 6.34. The van der Waals surface area contributed by atoms with Crippen molar-refractivity contribution in [3.63, 3.8) is 0 Å². The Morgan fingerprint density at radius 3 is 2.70 bits per heavy atom. The molecular weight excluding hydrogens is 302 g/mol. The van der Waals surface area contributed by atoms with Crippen LogP contribution in [0.4, 0.5) is 0 Å². The van der Waals surface area contributed by atoms with Crippen LogP contribution in [0, 0.1) is 11.8 Å². The highest BCUT2D eigenvalue weighted by Crippen LogP contribution is 2.36. The van der Waals surface area contributed by atoms with E-state index < -0.39 is 16.0 Å². The monoisotopic (exact) mass is 317 g/mol. The van der Waals surface area contributed by atoms with Crippen molar-refractivity contribution >= 4 is 27.6 Å². The number of hydrogen-bond donors (Lipinski definition) is 2. The van der Waals surface area contributed by atoms with Crippen molar-refractivity contribution in [1.82, 2.24) is 4.72 Å². The fourth-order valence-electron chi connectivity index (χ4n) is 1.99. The standard InChI is InChI=1S/C13H16ClNO4S/c1-8(9-2-3-9)7-15-20(18,19)12-6-10(13(16)17)4-5-11(12)14/h4-6,8-9,15H,2-3,7H2,1H3,(H,16,17). The zero-order valence-electron chi connectivity index (χ0n) is 11.0. The van der Waals surface area contributed by atoms with E-state index in [-0.39, 0.29) is 21.4 Å². The first-order chi connectivity index (χ1) is 9.31. The molecule has 0 heterocycles. The van der Waals surface area contributed by atoms with E-state index >= 15 is 0 Å². The molecule has 2 rings (SSSR count). The average molecular weight is 318 g/mol. The van der Waals surface area contributed by atoms with Crippen LogP contribution in [0.15, 0.2) is 23.1 Å². The molecule has 1 aromatic carbocycles. The molecule has 0 aromatic heterocycles. The third kappa shape index (κ3) is 3.50. The van der Waals surface area contributed by atoms with Crippen LogP contribution in [0.25, 0.3) is 0 Å². The minimum absolute atomic E-state index is 0.0153. The summed E-state index contributed by atoms with van der Waals surface area (Å²) in [5, 5.41) is 8.92. The van der Waals surface area contributed by atoms with E-state index in [1.54, 1.807) is 0 Å². The maximum Gasteiger partial charge on any atom is 0.335 e. The second-order valence-corrected chi connectivity index (χ2v) is 7.26. The number of hydrogen-bond acceptors (Lipinski definition) is 3. The van der Waals surface area contributed by atoms with Gasteiger partial charge in [0.15, 0.2) is 0 Å². The normalized spacial score (nSPS) is 16.9. The van der Waals surface area contributed by atoms with E-state index in [0.29, 0.717) is 12.5 Å². The Hall–Kier alpha value is -1.11. The fourth-order valence-corrected chi connectivity index (χ4v) is 3.66. The Morgan fingerprint density at radius 2 is 2.15 bits per heavy atom. The average Bonchev–Trinajstić information content (AvgIpc) is 3.20. The van der Waals surface area contributed by atoms with Crippen LogP contribution in [0.1, 0.15) is 30.1 Å². The van der Waals surface area contributed by atoms with Gasteiger partial charge in [-0.3, -0.25) is 0 Å². The minimum atomic E-state index is -3.79. The number of benzene rings is 1. The summed E-state index contributed by atoms with van der Waals surface area (Å²) in [6.07, 6.45) is 2.27. The zero-order chi connectivity index (χ0) is 14.9. The summed E-state index contributed by atoms with van der Waals surface area (Å²) in [4.78, 5) is 10.7. The van der Waals surface area contributed by atoms with Crippen LogP contribution in [-0.2, 0) is 10.0 Å². The van der Waals surface area contributed by atoms with E-state index in [9.17, 15) is 13.2 Å². The second kappa shape index (κ2) is 5.71. The van der Waals surface area contributed by atoms with Gasteiger partial charge in [0.05, 0.1) is 10.6 Å². The van der Waals surface area contributed by atoms with Crippen molar-refractivity contribution in [3.05, 3.63) is 28.8 Å². The third-order valence-electron chi connectivity index (χ3n) is 3.49. The maximum atomic E-state index is 12.2. The van der Waals surface area contributed by atoms with Crippen molar-refractivity contribution in [2.75, 3.05) is 6.54 Å². The van der Waals surface area contributed by atoms with Crippen molar-refractivity contribution in [2.45, 2.75) is 24.7 Å². The molecule has 0 spiro atoms. The highest BCUT2D eigenvalue weighted by Gasteiger charge is 2.29. The SMILES string of the molecule is CC(CNS(=O)(=O)c1cc(C(=O)O)ccc1Cl)C1CC1. The summed E-state index contributed by atoms with van der Waals surface area (Å²) in [5.41, 5.74) is -0.106. The predicted molar refractivity (Wildman–Crippen MR) is 75.5 cm³/mol. The van der Waals surface area contributed by atoms with Gasteiger partial charge in [-0.15, -0.1) is 0 Å². The summed E-state index contributed by atoms with van der Waals surface area (Å²) in [7, 11) is -3.79. The Bertz CT molecular complexity index is 625. The molecule has 1 aliphatic carbocycles. The number of rotatable bonds is 6. The van der Waals surface area contributed by atoms with Crippen LogP contribution < -0.4 is 4.72 Å². The first-order valence-corrected chi connectivity index (χ1v) is 8.20. The van der Waals surface area contributed by atoms with Gasteiger partial charge >= 0.3 is 5.97 Å². The highest BCUT2D eigenvalue weighted by molar-refractivity contribution is 7.89. The lowest BCUT2D eigenvalue weighted by Crippen LogP contribution is -2.29. The molecule has 7 heteroatoms. The quantitative estimate of drug-likeness (QED) is 0.843. The molecule has 1 unspecified atom stereocenters. The van der Waals surface area contributed by atoms with Crippen LogP contribution >= 0.6 is 11.6 Å². The Morgan fingerprint density at radius 1 is 1.50 bits per heavy atom. The summed E-state index contributed by atoms with van der Waals surface area (Å²) >= 11 is 5.86. The van der Waals surface area contributed by atoms with Crippen LogP contribution in [0.5, 0.6) is 0 Å². The van der Waals surface area contributed by atoms with Gasteiger partial charge in [0.2, 0.25) is 10.0 Å². The number of carboxylic acids is 1. The summed E-state index contributed by atoms with van der Waals surface area (Å²) < 4.78 is 26.9. The zero-order valence-corrected chi connectivity index (χ0v) is 12.5. The third-order valence-corrected chi connectivity index (χ3v) is 5.39. The molecule has 110 valence electrons. The van der Waals surface area contributed by atoms with E-state index in [0.717, 1.165) is 18.9 Å². The largest absolute Gasteiger partial charge is 0.478 e. The van der Waals surface area contributed by atoms with Gasteiger partial charge in [-0.2, -0.15) is 0 Å². The number of carboxylic acid groups (broad SMARTS) is 1. The Kier molecular flexibility index (Phi) is 4.36. The molecule has 1 saturated carbocycles. The molecule has 0 amide bonds. The molecule has 0 saturated heterocycles. The molecule has 1 aliphatic rings. The molecule has 0 radical (unpaired) electrons. The lowest BCUT2D eigenvalue weighted by Gasteiger charge is -2.13. The number of sulfonamides is 1. The van der Waals surface area contributed by atoms with Crippen molar-refractivity contribution in [3.8, 4) is 0 Å². The molecule has 1 aromatic rings. The van der Waals surface area contributed by atoms with E-state index in [1.165, 1.54) is 12.1 Å². The topological polar surface area (TPSA) is 83.5 Å².